The standard InChI is InChI=1S/C11H20ClN5/c1-7-11(2,3)17(6)10-14-8(12)13-9(15-10)16(4)5/h7H2,1-6H3. The average Bonchev–Trinajstić information content (AvgIpc) is 2.27. The fourth-order valence-electron chi connectivity index (χ4n) is 1.19. The Hall–Kier alpha value is -1.10. The lowest BCUT2D eigenvalue weighted by molar-refractivity contribution is 0.463. The molecule has 0 aliphatic rings. The zero-order chi connectivity index (χ0) is 13.2. The average molecular weight is 258 g/mol. The van der Waals surface area contributed by atoms with Crippen molar-refractivity contribution in [2.75, 3.05) is 30.9 Å². The third kappa shape index (κ3) is 3.19. The molecule has 0 bridgehead atoms. The van der Waals surface area contributed by atoms with Crippen LogP contribution in [0.2, 0.25) is 5.28 Å². The number of hydrogen-bond acceptors (Lipinski definition) is 5. The van der Waals surface area contributed by atoms with Crippen molar-refractivity contribution in [2.24, 2.45) is 0 Å². The number of aromatic nitrogens is 3. The third-order valence-corrected chi connectivity index (χ3v) is 3.23. The van der Waals surface area contributed by atoms with E-state index in [2.05, 4.69) is 35.7 Å². The molecular formula is C11H20ClN5. The highest BCUT2D eigenvalue weighted by Gasteiger charge is 2.24. The molecule has 0 N–H and O–H groups in total. The molecule has 0 radical (unpaired) electrons. The number of hydrogen-bond donors (Lipinski definition) is 0. The minimum atomic E-state index is -0.0196. The Bertz CT molecular complexity index is 391. The molecule has 1 heterocycles. The van der Waals surface area contributed by atoms with Gasteiger partial charge in [-0.3, -0.25) is 0 Å². The minimum Gasteiger partial charge on any atom is -0.347 e. The van der Waals surface area contributed by atoms with Crippen LogP contribution < -0.4 is 9.80 Å². The highest BCUT2D eigenvalue weighted by atomic mass is 35.5. The van der Waals surface area contributed by atoms with Gasteiger partial charge in [-0.1, -0.05) is 6.92 Å². The molecule has 5 nitrogen and oxygen atoms in total. The van der Waals surface area contributed by atoms with Gasteiger partial charge in [-0.15, -0.1) is 0 Å². The monoisotopic (exact) mass is 257 g/mol. The smallest absolute Gasteiger partial charge is 0.231 e. The molecule has 0 amide bonds. The van der Waals surface area contributed by atoms with Gasteiger partial charge in [0.2, 0.25) is 17.2 Å². The van der Waals surface area contributed by atoms with Crippen LogP contribution >= 0.6 is 11.6 Å². The Kier molecular flexibility index (Phi) is 4.14. The van der Waals surface area contributed by atoms with Gasteiger partial charge in [-0.05, 0) is 31.9 Å². The molecule has 6 heteroatoms. The highest BCUT2D eigenvalue weighted by molar-refractivity contribution is 6.28. The van der Waals surface area contributed by atoms with Crippen LogP contribution in [0.4, 0.5) is 11.9 Å². The van der Waals surface area contributed by atoms with E-state index >= 15 is 0 Å². The Morgan fingerprint density at radius 1 is 1.06 bits per heavy atom. The van der Waals surface area contributed by atoms with E-state index in [0.717, 1.165) is 6.42 Å². The van der Waals surface area contributed by atoms with E-state index in [0.29, 0.717) is 11.9 Å². The quantitative estimate of drug-likeness (QED) is 0.828. The van der Waals surface area contributed by atoms with Gasteiger partial charge in [0.05, 0.1) is 0 Å². The van der Waals surface area contributed by atoms with Crippen molar-refractivity contribution < 1.29 is 0 Å². The van der Waals surface area contributed by atoms with Gasteiger partial charge >= 0.3 is 0 Å². The summed E-state index contributed by atoms with van der Waals surface area (Å²) in [5.41, 5.74) is -0.0196. The van der Waals surface area contributed by atoms with Gasteiger partial charge in [-0.25, -0.2) is 0 Å². The minimum absolute atomic E-state index is 0.0196. The van der Waals surface area contributed by atoms with Crippen molar-refractivity contribution in [1.82, 2.24) is 15.0 Å². The molecule has 0 spiro atoms. The lowest BCUT2D eigenvalue weighted by atomic mass is 10.0. The van der Waals surface area contributed by atoms with Gasteiger partial charge in [0, 0.05) is 26.7 Å². The van der Waals surface area contributed by atoms with Gasteiger partial charge in [0.25, 0.3) is 0 Å². The van der Waals surface area contributed by atoms with E-state index in [4.69, 9.17) is 11.6 Å². The Morgan fingerprint density at radius 2 is 1.59 bits per heavy atom. The first-order chi connectivity index (χ1) is 7.77. The molecule has 0 aliphatic heterocycles. The fraction of sp³-hybridized carbons (Fsp3) is 0.727. The fourth-order valence-corrected chi connectivity index (χ4v) is 1.34. The van der Waals surface area contributed by atoms with Crippen molar-refractivity contribution in [1.29, 1.82) is 0 Å². The largest absolute Gasteiger partial charge is 0.347 e. The summed E-state index contributed by atoms with van der Waals surface area (Å²) in [4.78, 5) is 16.5. The first-order valence-electron chi connectivity index (χ1n) is 5.60. The van der Waals surface area contributed by atoms with Crippen molar-refractivity contribution in [3.63, 3.8) is 0 Å². The van der Waals surface area contributed by atoms with Crippen LogP contribution in [-0.4, -0.2) is 41.6 Å². The van der Waals surface area contributed by atoms with Crippen LogP contribution in [0, 0.1) is 0 Å². The van der Waals surface area contributed by atoms with Gasteiger partial charge in [-0.2, -0.15) is 15.0 Å². The summed E-state index contributed by atoms with van der Waals surface area (Å²) >= 11 is 5.92. The van der Waals surface area contributed by atoms with E-state index in [-0.39, 0.29) is 10.8 Å². The molecule has 1 aromatic rings. The zero-order valence-corrected chi connectivity index (χ0v) is 12.1. The SMILES string of the molecule is CCC(C)(C)N(C)c1nc(Cl)nc(N(C)C)n1. The Balaban J connectivity index is 3.14. The van der Waals surface area contributed by atoms with Crippen LogP contribution in [0.25, 0.3) is 0 Å². The summed E-state index contributed by atoms with van der Waals surface area (Å²) in [6, 6.07) is 0. The number of rotatable bonds is 4. The van der Waals surface area contributed by atoms with Crippen LogP contribution in [0.5, 0.6) is 0 Å². The van der Waals surface area contributed by atoms with Crippen LogP contribution in [-0.2, 0) is 0 Å². The molecule has 0 fully saturated rings. The molecule has 1 aromatic heterocycles. The highest BCUT2D eigenvalue weighted by Crippen LogP contribution is 2.23. The maximum absolute atomic E-state index is 5.92. The number of halogens is 1. The van der Waals surface area contributed by atoms with Crippen LogP contribution in [0.15, 0.2) is 0 Å². The second-order valence-electron chi connectivity index (χ2n) is 4.82. The van der Waals surface area contributed by atoms with E-state index < -0.39 is 0 Å². The first-order valence-corrected chi connectivity index (χ1v) is 5.98. The van der Waals surface area contributed by atoms with Crippen molar-refractivity contribution in [3.8, 4) is 0 Å². The second kappa shape index (κ2) is 5.04. The molecule has 0 saturated carbocycles. The van der Waals surface area contributed by atoms with E-state index in [9.17, 15) is 0 Å². The van der Waals surface area contributed by atoms with E-state index in [1.807, 2.05) is 30.9 Å². The lowest BCUT2D eigenvalue weighted by Gasteiger charge is -2.35. The third-order valence-electron chi connectivity index (χ3n) is 3.06. The molecule has 0 saturated heterocycles. The summed E-state index contributed by atoms with van der Waals surface area (Å²) in [5, 5.41) is 0.220. The molecule has 0 unspecified atom stereocenters. The predicted octanol–water partition coefficient (Wildman–Crippen LogP) is 2.22. The van der Waals surface area contributed by atoms with Gasteiger partial charge in [0.15, 0.2) is 0 Å². The van der Waals surface area contributed by atoms with Gasteiger partial charge < -0.3 is 9.80 Å². The number of anilines is 2. The molecule has 17 heavy (non-hydrogen) atoms. The summed E-state index contributed by atoms with van der Waals surface area (Å²) in [5.74, 6) is 1.17. The number of nitrogens with zero attached hydrogens (tertiary/aromatic N) is 5. The summed E-state index contributed by atoms with van der Waals surface area (Å²) in [7, 11) is 5.72. The molecule has 0 aliphatic carbocycles. The molecule has 0 atom stereocenters. The maximum atomic E-state index is 5.92. The molecular weight excluding hydrogens is 238 g/mol. The zero-order valence-electron chi connectivity index (χ0n) is 11.3. The Labute approximate surface area is 108 Å². The summed E-state index contributed by atoms with van der Waals surface area (Å²) in [6.07, 6.45) is 0.990. The Morgan fingerprint density at radius 3 is 2.06 bits per heavy atom. The maximum Gasteiger partial charge on any atom is 0.231 e. The summed E-state index contributed by atoms with van der Waals surface area (Å²) in [6.45, 7) is 6.41. The predicted molar refractivity (Wildman–Crippen MR) is 71.9 cm³/mol. The van der Waals surface area contributed by atoms with Gasteiger partial charge in [0.1, 0.15) is 0 Å². The normalized spacial score (nSPS) is 11.5. The van der Waals surface area contributed by atoms with Crippen molar-refractivity contribution in [2.45, 2.75) is 32.7 Å². The van der Waals surface area contributed by atoms with E-state index in [1.54, 1.807) is 0 Å². The molecule has 96 valence electrons. The van der Waals surface area contributed by atoms with Crippen LogP contribution in [0.1, 0.15) is 27.2 Å². The molecule has 0 aromatic carbocycles. The topological polar surface area (TPSA) is 45.2 Å². The molecule has 1 rings (SSSR count). The second-order valence-corrected chi connectivity index (χ2v) is 5.16. The van der Waals surface area contributed by atoms with Crippen molar-refractivity contribution in [3.05, 3.63) is 5.28 Å². The lowest BCUT2D eigenvalue weighted by Crippen LogP contribution is -2.41. The van der Waals surface area contributed by atoms with Crippen molar-refractivity contribution >= 4 is 23.5 Å². The van der Waals surface area contributed by atoms with Crippen LogP contribution in [0.3, 0.4) is 0 Å². The summed E-state index contributed by atoms with van der Waals surface area (Å²) < 4.78 is 0. The van der Waals surface area contributed by atoms with E-state index in [1.165, 1.54) is 0 Å². The first kappa shape index (κ1) is 14.0.